The normalized spacial score (nSPS) is 11.7. The second-order valence-electron chi connectivity index (χ2n) is 5.10. The Morgan fingerprint density at radius 2 is 1.70 bits per heavy atom. The zero-order valence-corrected chi connectivity index (χ0v) is 15.0. The number of carbonyl (C=O) groups excluding carboxylic acids is 2. The van der Waals surface area contributed by atoms with Crippen LogP contribution in [-0.4, -0.2) is 11.9 Å². The highest BCUT2D eigenvalue weighted by Gasteiger charge is 2.19. The molecule has 6 heteroatoms. The van der Waals surface area contributed by atoms with Crippen LogP contribution in [0.5, 0.6) is 0 Å². The summed E-state index contributed by atoms with van der Waals surface area (Å²) in [7, 11) is 0. The van der Waals surface area contributed by atoms with Crippen molar-refractivity contribution < 1.29 is 14.7 Å². The van der Waals surface area contributed by atoms with E-state index in [0.717, 1.165) is 9.13 Å². The van der Waals surface area contributed by atoms with E-state index in [4.69, 9.17) is 11.6 Å². The first kappa shape index (κ1) is 17.7. The van der Waals surface area contributed by atoms with Gasteiger partial charge in [-0.25, -0.2) is 0 Å². The predicted molar refractivity (Wildman–Crippen MR) is 96.1 cm³/mol. The third-order valence-electron chi connectivity index (χ3n) is 3.29. The smallest absolute Gasteiger partial charge is 0.228 e. The van der Waals surface area contributed by atoms with E-state index in [0.29, 0.717) is 17.1 Å². The first-order chi connectivity index (χ1) is 10.9. The van der Waals surface area contributed by atoms with Crippen molar-refractivity contribution in [3.63, 3.8) is 0 Å². The number of amides is 1. The van der Waals surface area contributed by atoms with Crippen LogP contribution in [0.3, 0.4) is 0 Å². The van der Waals surface area contributed by atoms with E-state index in [9.17, 15) is 14.7 Å². The van der Waals surface area contributed by atoms with Crippen molar-refractivity contribution in [2.24, 2.45) is 5.92 Å². The highest BCUT2D eigenvalue weighted by molar-refractivity contribution is 14.1. The van der Waals surface area contributed by atoms with Crippen molar-refractivity contribution in [1.82, 2.24) is 0 Å². The molecule has 1 amide bonds. The van der Waals surface area contributed by atoms with Gasteiger partial charge < -0.3 is 15.2 Å². The van der Waals surface area contributed by atoms with Gasteiger partial charge >= 0.3 is 0 Å². The molecule has 0 aromatic heterocycles. The molecule has 0 saturated carbocycles. The summed E-state index contributed by atoms with van der Waals surface area (Å²) in [5.74, 6) is -2.30. The molecule has 2 aromatic carbocycles. The molecule has 0 fully saturated rings. The molecular formula is C17H14ClINO3-. The molecule has 2 aromatic rings. The van der Waals surface area contributed by atoms with E-state index in [2.05, 4.69) is 27.9 Å². The molecular weight excluding hydrogens is 429 g/mol. The predicted octanol–water partition coefficient (Wildman–Crippen LogP) is 2.88. The molecule has 0 heterocycles. The summed E-state index contributed by atoms with van der Waals surface area (Å²) >= 11 is 8.00. The van der Waals surface area contributed by atoms with E-state index in [1.54, 1.807) is 36.4 Å². The number of halogens is 2. The van der Waals surface area contributed by atoms with Crippen molar-refractivity contribution in [3.8, 4) is 0 Å². The van der Waals surface area contributed by atoms with Gasteiger partial charge in [0.1, 0.15) is 0 Å². The molecule has 0 aliphatic heterocycles. The fraction of sp³-hybridized carbons (Fsp3) is 0.176. The van der Waals surface area contributed by atoms with Crippen molar-refractivity contribution >= 4 is 51.8 Å². The van der Waals surface area contributed by atoms with Gasteiger partial charge in [-0.15, -0.1) is 0 Å². The van der Waals surface area contributed by atoms with Gasteiger partial charge in [0.15, 0.2) is 0 Å². The molecule has 0 unspecified atom stereocenters. The summed E-state index contributed by atoms with van der Waals surface area (Å²) in [5, 5.41) is 14.3. The second kappa shape index (κ2) is 8.31. The SMILES string of the molecule is O=C([O-])C[C@@H](Cc1ccc(Cl)cc1)C(=O)Nc1ccc(I)cc1. The first-order valence-electron chi connectivity index (χ1n) is 6.95. The highest BCUT2D eigenvalue weighted by Crippen LogP contribution is 2.18. The first-order valence-corrected chi connectivity index (χ1v) is 8.40. The Morgan fingerprint density at radius 3 is 2.26 bits per heavy atom. The van der Waals surface area contributed by atoms with E-state index >= 15 is 0 Å². The lowest BCUT2D eigenvalue weighted by Gasteiger charge is -2.17. The van der Waals surface area contributed by atoms with Crippen LogP contribution >= 0.6 is 34.2 Å². The fourth-order valence-corrected chi connectivity index (χ4v) is 2.63. The molecule has 0 aliphatic rings. The number of hydrogen-bond donors (Lipinski definition) is 1. The molecule has 1 atom stereocenters. The number of nitrogens with one attached hydrogen (secondary N) is 1. The average Bonchev–Trinajstić information content (AvgIpc) is 2.50. The van der Waals surface area contributed by atoms with Crippen molar-refractivity contribution in [3.05, 3.63) is 62.7 Å². The average molecular weight is 443 g/mol. The molecule has 0 saturated heterocycles. The maximum atomic E-state index is 12.4. The molecule has 0 spiro atoms. The Kier molecular flexibility index (Phi) is 6.41. The van der Waals surface area contributed by atoms with Crippen LogP contribution in [0, 0.1) is 9.49 Å². The molecule has 0 radical (unpaired) electrons. The number of benzene rings is 2. The maximum Gasteiger partial charge on any atom is 0.228 e. The number of carbonyl (C=O) groups is 2. The Hall–Kier alpha value is -1.60. The van der Waals surface area contributed by atoms with E-state index in [1.165, 1.54) is 0 Å². The maximum absolute atomic E-state index is 12.4. The number of hydrogen-bond acceptors (Lipinski definition) is 3. The Bertz CT molecular complexity index is 686. The Morgan fingerprint density at radius 1 is 1.09 bits per heavy atom. The van der Waals surface area contributed by atoms with Gasteiger partial charge in [-0.3, -0.25) is 4.79 Å². The molecule has 0 aliphatic carbocycles. The van der Waals surface area contributed by atoms with E-state index in [1.807, 2.05) is 12.1 Å². The zero-order valence-electron chi connectivity index (χ0n) is 12.1. The van der Waals surface area contributed by atoms with Crippen LogP contribution in [0.2, 0.25) is 5.02 Å². The van der Waals surface area contributed by atoms with Gasteiger partial charge in [0.2, 0.25) is 5.91 Å². The minimum atomic E-state index is -1.25. The minimum absolute atomic E-state index is 0.307. The molecule has 23 heavy (non-hydrogen) atoms. The topological polar surface area (TPSA) is 69.2 Å². The van der Waals surface area contributed by atoms with Gasteiger partial charge in [0.05, 0.1) is 0 Å². The molecule has 1 N–H and O–H groups in total. The van der Waals surface area contributed by atoms with Gasteiger partial charge in [0, 0.05) is 26.2 Å². The Labute approximate surface area is 153 Å². The van der Waals surface area contributed by atoms with Gasteiger partial charge in [-0.05, 0) is 77.4 Å². The number of aliphatic carboxylic acids is 1. The summed E-state index contributed by atoms with van der Waals surface area (Å²) in [4.78, 5) is 23.3. The largest absolute Gasteiger partial charge is 0.550 e. The number of rotatable bonds is 6. The van der Waals surface area contributed by atoms with Crippen LogP contribution in [-0.2, 0) is 16.0 Å². The minimum Gasteiger partial charge on any atom is -0.550 e. The van der Waals surface area contributed by atoms with Crippen molar-refractivity contribution in [1.29, 1.82) is 0 Å². The summed E-state index contributed by atoms with van der Waals surface area (Å²) < 4.78 is 1.05. The molecule has 4 nitrogen and oxygen atoms in total. The zero-order chi connectivity index (χ0) is 16.8. The van der Waals surface area contributed by atoms with E-state index in [-0.39, 0.29) is 12.3 Å². The summed E-state index contributed by atoms with van der Waals surface area (Å²) in [6.45, 7) is 0. The molecule has 0 bridgehead atoms. The fourth-order valence-electron chi connectivity index (χ4n) is 2.14. The van der Waals surface area contributed by atoms with Crippen LogP contribution in [0.15, 0.2) is 48.5 Å². The van der Waals surface area contributed by atoms with Crippen molar-refractivity contribution in [2.45, 2.75) is 12.8 Å². The van der Waals surface area contributed by atoms with Gasteiger partial charge in [-0.1, -0.05) is 23.7 Å². The standard InChI is InChI=1S/C17H15ClINO3/c18-13-3-1-11(2-4-13)9-12(10-16(21)22)17(23)20-15-7-5-14(19)6-8-15/h1-8,12H,9-10H2,(H,20,23)(H,21,22)/p-1/t12-/m1/s1. The molecule has 120 valence electrons. The Balaban J connectivity index is 2.09. The van der Waals surface area contributed by atoms with Gasteiger partial charge in [0.25, 0.3) is 0 Å². The molecule has 2 rings (SSSR count). The number of carboxylic acid groups (broad SMARTS) is 1. The highest BCUT2D eigenvalue weighted by atomic mass is 127. The summed E-state index contributed by atoms with van der Waals surface area (Å²) in [5.41, 5.74) is 1.48. The number of carboxylic acids is 1. The second-order valence-corrected chi connectivity index (χ2v) is 6.78. The van der Waals surface area contributed by atoms with Gasteiger partial charge in [-0.2, -0.15) is 0 Å². The van der Waals surface area contributed by atoms with Crippen LogP contribution in [0.25, 0.3) is 0 Å². The third-order valence-corrected chi connectivity index (χ3v) is 4.26. The third kappa shape index (κ3) is 5.84. The van der Waals surface area contributed by atoms with Crippen LogP contribution in [0.4, 0.5) is 5.69 Å². The summed E-state index contributed by atoms with van der Waals surface area (Å²) in [6.07, 6.45) is -0.0276. The monoisotopic (exact) mass is 442 g/mol. The van der Waals surface area contributed by atoms with Crippen LogP contribution < -0.4 is 10.4 Å². The quantitative estimate of drug-likeness (QED) is 0.700. The summed E-state index contributed by atoms with van der Waals surface area (Å²) in [6, 6.07) is 14.3. The van der Waals surface area contributed by atoms with Crippen molar-refractivity contribution in [2.75, 3.05) is 5.32 Å². The number of anilines is 1. The van der Waals surface area contributed by atoms with E-state index < -0.39 is 11.9 Å². The lowest BCUT2D eigenvalue weighted by Crippen LogP contribution is -2.32. The van der Waals surface area contributed by atoms with Crippen LogP contribution in [0.1, 0.15) is 12.0 Å². The lowest BCUT2D eigenvalue weighted by atomic mass is 9.95. The lowest BCUT2D eigenvalue weighted by molar-refractivity contribution is -0.306.